The number of alkyl halides is 2. The molecule has 0 radical (unpaired) electrons. The van der Waals surface area contributed by atoms with E-state index in [1.54, 1.807) is 18.2 Å². The van der Waals surface area contributed by atoms with Crippen molar-refractivity contribution < 1.29 is 18.3 Å². The van der Waals surface area contributed by atoms with Gasteiger partial charge in [0.1, 0.15) is 5.75 Å². The molecule has 2 amide bonds. The Kier molecular flexibility index (Phi) is 4.45. The Morgan fingerprint density at radius 1 is 1.27 bits per heavy atom. The average molecular weight is 310 g/mol. The fraction of sp³-hybridized carbons (Fsp3) is 0.562. The van der Waals surface area contributed by atoms with Crippen molar-refractivity contribution in [2.24, 2.45) is 0 Å². The van der Waals surface area contributed by atoms with Crippen LogP contribution in [0.4, 0.5) is 13.6 Å². The molecule has 0 saturated carbocycles. The Hall–Kier alpha value is -1.85. The van der Waals surface area contributed by atoms with Gasteiger partial charge in [0, 0.05) is 13.1 Å². The summed E-state index contributed by atoms with van der Waals surface area (Å²) < 4.78 is 29.0. The predicted octanol–water partition coefficient (Wildman–Crippen LogP) is 3.47. The van der Waals surface area contributed by atoms with Gasteiger partial charge >= 0.3 is 12.6 Å². The average Bonchev–Trinajstić information content (AvgIpc) is 3.01. The third-order valence-corrected chi connectivity index (χ3v) is 4.34. The van der Waals surface area contributed by atoms with E-state index in [1.165, 1.54) is 0 Å². The molecule has 1 saturated heterocycles. The predicted molar refractivity (Wildman–Crippen MR) is 78.1 cm³/mol. The van der Waals surface area contributed by atoms with Gasteiger partial charge in [0.05, 0.1) is 6.04 Å². The van der Waals surface area contributed by atoms with Crippen molar-refractivity contribution >= 4 is 6.03 Å². The summed E-state index contributed by atoms with van der Waals surface area (Å²) in [6.45, 7) is -1.19. The molecule has 22 heavy (non-hydrogen) atoms. The zero-order valence-electron chi connectivity index (χ0n) is 12.4. The Morgan fingerprint density at radius 3 is 2.77 bits per heavy atom. The highest BCUT2D eigenvalue weighted by atomic mass is 19.3. The number of carbonyl (C=O) groups excluding carboxylic acids is 1. The number of hydrogen-bond donors (Lipinski definition) is 1. The molecule has 4 nitrogen and oxygen atoms in total. The molecule has 0 bridgehead atoms. The van der Waals surface area contributed by atoms with E-state index >= 15 is 0 Å². The summed E-state index contributed by atoms with van der Waals surface area (Å²) >= 11 is 0. The summed E-state index contributed by atoms with van der Waals surface area (Å²) in [6, 6.07) is 4.93. The molecule has 1 aromatic carbocycles. The van der Waals surface area contributed by atoms with Crippen molar-refractivity contribution in [2.45, 2.75) is 44.8 Å². The lowest BCUT2D eigenvalue weighted by molar-refractivity contribution is -0.0499. The van der Waals surface area contributed by atoms with Gasteiger partial charge in [0.2, 0.25) is 0 Å². The van der Waals surface area contributed by atoms with Gasteiger partial charge < -0.3 is 15.0 Å². The number of rotatable bonds is 3. The maximum Gasteiger partial charge on any atom is 0.387 e. The van der Waals surface area contributed by atoms with Crippen molar-refractivity contribution in [3.63, 3.8) is 0 Å². The minimum absolute atomic E-state index is 0.0248. The summed E-state index contributed by atoms with van der Waals surface area (Å²) in [5.74, 6) is 0.181. The molecule has 0 spiro atoms. The topological polar surface area (TPSA) is 41.6 Å². The van der Waals surface area contributed by atoms with E-state index in [9.17, 15) is 13.6 Å². The minimum atomic E-state index is -2.81. The van der Waals surface area contributed by atoms with E-state index in [-0.39, 0.29) is 17.8 Å². The first-order valence-corrected chi connectivity index (χ1v) is 7.76. The lowest BCUT2D eigenvalue weighted by Gasteiger charge is -2.28. The van der Waals surface area contributed by atoms with Crippen LogP contribution in [0.3, 0.4) is 0 Å². The third-order valence-electron chi connectivity index (χ3n) is 4.34. The second-order valence-electron chi connectivity index (χ2n) is 5.83. The molecule has 0 aromatic heterocycles. The van der Waals surface area contributed by atoms with Crippen LogP contribution in [0.5, 0.6) is 5.75 Å². The Bertz CT molecular complexity index is 545. The molecule has 3 rings (SSSR count). The summed E-state index contributed by atoms with van der Waals surface area (Å²) in [6.07, 6.45) is 4.75. The van der Waals surface area contributed by atoms with Crippen LogP contribution in [0.1, 0.15) is 42.9 Å². The largest absolute Gasteiger partial charge is 0.435 e. The van der Waals surface area contributed by atoms with Gasteiger partial charge in [-0.05, 0) is 55.4 Å². The number of carbonyl (C=O) groups is 1. The molecule has 1 aliphatic heterocycles. The standard InChI is InChI=1S/C16H20F2N2O2/c17-15(18)22-12-6-7-13-11(10-12)4-3-5-14(13)19-16(21)20-8-1-2-9-20/h6-7,10,14-15H,1-5,8-9H2,(H,19,21). The van der Waals surface area contributed by atoms with Crippen LogP contribution < -0.4 is 10.1 Å². The number of fused-ring (bicyclic) bond motifs is 1. The lowest BCUT2D eigenvalue weighted by atomic mass is 9.87. The molecule has 120 valence electrons. The number of ether oxygens (including phenoxy) is 1. The molecule has 1 atom stereocenters. The number of likely N-dealkylation sites (tertiary alicyclic amines) is 1. The number of nitrogens with one attached hydrogen (secondary N) is 1. The maximum atomic E-state index is 12.3. The quantitative estimate of drug-likeness (QED) is 0.929. The number of aryl methyl sites for hydroxylation is 1. The second-order valence-corrected chi connectivity index (χ2v) is 5.83. The van der Waals surface area contributed by atoms with Gasteiger partial charge in [-0.1, -0.05) is 6.07 Å². The molecule has 1 N–H and O–H groups in total. The van der Waals surface area contributed by atoms with E-state index in [0.29, 0.717) is 0 Å². The summed E-state index contributed by atoms with van der Waals surface area (Å²) in [5.41, 5.74) is 2.00. The second kappa shape index (κ2) is 6.50. The van der Waals surface area contributed by atoms with Crippen LogP contribution in [-0.2, 0) is 6.42 Å². The Labute approximate surface area is 128 Å². The normalized spacial score (nSPS) is 20.9. The van der Waals surface area contributed by atoms with Gasteiger partial charge in [-0.15, -0.1) is 0 Å². The fourth-order valence-electron chi connectivity index (χ4n) is 3.28. The highest BCUT2D eigenvalue weighted by Gasteiger charge is 2.25. The first-order chi connectivity index (χ1) is 10.6. The number of amides is 2. The zero-order chi connectivity index (χ0) is 15.5. The first-order valence-electron chi connectivity index (χ1n) is 7.76. The molecular weight excluding hydrogens is 290 g/mol. The smallest absolute Gasteiger partial charge is 0.387 e. The summed E-state index contributed by atoms with van der Waals surface area (Å²) in [7, 11) is 0. The number of benzene rings is 1. The minimum Gasteiger partial charge on any atom is -0.435 e. The SMILES string of the molecule is O=C(NC1CCCc2cc(OC(F)F)ccc21)N1CCCC1. The zero-order valence-corrected chi connectivity index (χ0v) is 12.4. The van der Waals surface area contributed by atoms with E-state index in [1.807, 2.05) is 4.90 Å². The number of hydrogen-bond acceptors (Lipinski definition) is 2. The Morgan fingerprint density at radius 2 is 2.05 bits per heavy atom. The fourth-order valence-corrected chi connectivity index (χ4v) is 3.28. The monoisotopic (exact) mass is 310 g/mol. The highest BCUT2D eigenvalue weighted by Crippen LogP contribution is 2.32. The van der Waals surface area contributed by atoms with Crippen LogP contribution >= 0.6 is 0 Å². The van der Waals surface area contributed by atoms with Gasteiger partial charge in [-0.2, -0.15) is 8.78 Å². The Balaban J connectivity index is 1.72. The molecular formula is C16H20F2N2O2. The van der Waals surface area contributed by atoms with E-state index in [0.717, 1.165) is 56.3 Å². The number of urea groups is 1. The van der Waals surface area contributed by atoms with Crippen LogP contribution in [0.15, 0.2) is 18.2 Å². The third kappa shape index (κ3) is 3.31. The maximum absolute atomic E-state index is 12.3. The van der Waals surface area contributed by atoms with Crippen molar-refractivity contribution in [3.05, 3.63) is 29.3 Å². The van der Waals surface area contributed by atoms with E-state index < -0.39 is 6.61 Å². The van der Waals surface area contributed by atoms with E-state index in [4.69, 9.17) is 0 Å². The molecule has 1 heterocycles. The van der Waals surface area contributed by atoms with Crippen LogP contribution in [0.2, 0.25) is 0 Å². The molecule has 1 aliphatic carbocycles. The number of halogens is 2. The van der Waals surface area contributed by atoms with Crippen molar-refractivity contribution in [2.75, 3.05) is 13.1 Å². The number of nitrogens with zero attached hydrogens (tertiary/aromatic N) is 1. The van der Waals surface area contributed by atoms with Gasteiger partial charge in [0.15, 0.2) is 0 Å². The summed E-state index contributed by atoms with van der Waals surface area (Å²) in [4.78, 5) is 14.1. The molecule has 1 unspecified atom stereocenters. The highest BCUT2D eigenvalue weighted by molar-refractivity contribution is 5.75. The van der Waals surface area contributed by atoms with Crippen LogP contribution in [0.25, 0.3) is 0 Å². The van der Waals surface area contributed by atoms with Crippen LogP contribution in [0, 0.1) is 0 Å². The van der Waals surface area contributed by atoms with Gasteiger partial charge in [0.25, 0.3) is 0 Å². The summed E-state index contributed by atoms with van der Waals surface area (Å²) in [5, 5.41) is 3.08. The lowest BCUT2D eigenvalue weighted by Crippen LogP contribution is -2.40. The molecule has 1 fully saturated rings. The van der Waals surface area contributed by atoms with Gasteiger partial charge in [-0.3, -0.25) is 0 Å². The van der Waals surface area contributed by atoms with Crippen molar-refractivity contribution in [3.8, 4) is 5.75 Å². The molecule has 6 heteroatoms. The van der Waals surface area contributed by atoms with Crippen molar-refractivity contribution in [1.82, 2.24) is 10.2 Å². The van der Waals surface area contributed by atoms with E-state index in [2.05, 4.69) is 10.1 Å². The molecule has 2 aliphatic rings. The molecule has 1 aromatic rings. The van der Waals surface area contributed by atoms with Crippen molar-refractivity contribution in [1.29, 1.82) is 0 Å². The first kappa shape index (κ1) is 15.1. The van der Waals surface area contributed by atoms with Crippen LogP contribution in [-0.4, -0.2) is 30.6 Å². The van der Waals surface area contributed by atoms with Gasteiger partial charge in [-0.25, -0.2) is 4.79 Å².